The van der Waals surface area contributed by atoms with Gasteiger partial charge < -0.3 is 20.3 Å². The van der Waals surface area contributed by atoms with Gasteiger partial charge in [0.15, 0.2) is 0 Å². The molecule has 0 spiro atoms. The van der Waals surface area contributed by atoms with E-state index in [1.165, 1.54) is 0 Å². The standard InChI is InChI=1S/C30H41N3O4/c1-19(2)25(32-29(36)37-30(5,6)7)28(35)33(24-13-14-24)26(23-16-20(3)15-21(4)17-23)27(34)31-18-22-11-9-8-10-12-22/h8-12,15-17,19,24-26H,13-14,18H2,1-7H3,(H,31,34)(H,32,36). The smallest absolute Gasteiger partial charge is 0.408 e. The number of nitrogens with zero attached hydrogens (tertiary/aromatic N) is 1. The van der Waals surface area contributed by atoms with Crippen molar-refractivity contribution in [2.24, 2.45) is 5.92 Å². The van der Waals surface area contributed by atoms with Crippen molar-refractivity contribution in [3.05, 3.63) is 70.8 Å². The van der Waals surface area contributed by atoms with Gasteiger partial charge in [-0.15, -0.1) is 0 Å². The molecule has 3 amide bonds. The van der Waals surface area contributed by atoms with Crippen LogP contribution in [0.2, 0.25) is 0 Å². The van der Waals surface area contributed by atoms with Crippen LogP contribution >= 0.6 is 0 Å². The summed E-state index contributed by atoms with van der Waals surface area (Å²) in [5, 5.41) is 5.83. The third-order valence-electron chi connectivity index (χ3n) is 6.20. The van der Waals surface area contributed by atoms with E-state index in [1.807, 2.05) is 76.2 Å². The molecule has 1 saturated carbocycles. The van der Waals surface area contributed by atoms with Gasteiger partial charge in [0, 0.05) is 12.6 Å². The topological polar surface area (TPSA) is 87.7 Å². The maximum Gasteiger partial charge on any atom is 0.408 e. The molecule has 37 heavy (non-hydrogen) atoms. The lowest BCUT2D eigenvalue weighted by molar-refractivity contribution is -0.144. The normalized spacial score (nSPS) is 15.0. The highest BCUT2D eigenvalue weighted by molar-refractivity contribution is 5.92. The molecule has 0 heterocycles. The Morgan fingerprint density at radius 3 is 2.11 bits per heavy atom. The summed E-state index contributed by atoms with van der Waals surface area (Å²) in [6.45, 7) is 13.4. The number of alkyl carbamates (subject to hydrolysis) is 1. The van der Waals surface area contributed by atoms with E-state index >= 15 is 0 Å². The Morgan fingerprint density at radius 1 is 1.00 bits per heavy atom. The third kappa shape index (κ3) is 8.07. The molecule has 0 bridgehead atoms. The summed E-state index contributed by atoms with van der Waals surface area (Å²) in [7, 11) is 0. The van der Waals surface area contributed by atoms with Gasteiger partial charge in [-0.3, -0.25) is 9.59 Å². The first-order chi connectivity index (χ1) is 17.4. The van der Waals surface area contributed by atoms with Crippen LogP contribution in [0, 0.1) is 19.8 Å². The van der Waals surface area contributed by atoms with E-state index in [4.69, 9.17) is 4.74 Å². The predicted octanol–water partition coefficient (Wildman–Crippen LogP) is 5.20. The number of carbonyl (C=O) groups excluding carboxylic acids is 3. The van der Waals surface area contributed by atoms with Gasteiger partial charge in [0.25, 0.3) is 0 Å². The van der Waals surface area contributed by atoms with Crippen molar-refractivity contribution in [3.63, 3.8) is 0 Å². The molecule has 1 aliphatic rings. The average molecular weight is 508 g/mol. The average Bonchev–Trinajstić information content (AvgIpc) is 3.62. The zero-order chi connectivity index (χ0) is 27.3. The molecule has 7 heteroatoms. The summed E-state index contributed by atoms with van der Waals surface area (Å²) in [6, 6.07) is 14.0. The molecule has 0 saturated heterocycles. The lowest BCUT2D eigenvalue weighted by atomic mass is 9.96. The van der Waals surface area contributed by atoms with Crippen LogP contribution in [0.3, 0.4) is 0 Å². The SMILES string of the molecule is Cc1cc(C)cc(C(C(=O)NCc2ccccc2)N(C(=O)C(NC(=O)OC(C)(C)C)C(C)C)C2CC2)c1. The lowest BCUT2D eigenvalue weighted by Crippen LogP contribution is -2.55. The molecule has 0 aliphatic heterocycles. The fourth-order valence-electron chi connectivity index (χ4n) is 4.47. The minimum absolute atomic E-state index is 0.0671. The van der Waals surface area contributed by atoms with E-state index in [0.717, 1.165) is 35.1 Å². The molecule has 0 radical (unpaired) electrons. The van der Waals surface area contributed by atoms with Crippen molar-refractivity contribution in [2.75, 3.05) is 0 Å². The number of hydrogen-bond acceptors (Lipinski definition) is 4. The number of aryl methyl sites for hydroxylation is 2. The van der Waals surface area contributed by atoms with Crippen molar-refractivity contribution < 1.29 is 19.1 Å². The Labute approximate surface area is 221 Å². The van der Waals surface area contributed by atoms with E-state index < -0.39 is 23.8 Å². The first-order valence-corrected chi connectivity index (χ1v) is 13.1. The number of nitrogens with one attached hydrogen (secondary N) is 2. The molecule has 3 rings (SSSR count). The highest BCUT2D eigenvalue weighted by Crippen LogP contribution is 2.36. The molecule has 7 nitrogen and oxygen atoms in total. The summed E-state index contributed by atoms with van der Waals surface area (Å²) in [5.74, 6) is -0.718. The zero-order valence-corrected chi connectivity index (χ0v) is 23.1. The maximum atomic E-state index is 14.1. The second-order valence-corrected chi connectivity index (χ2v) is 11.4. The first-order valence-electron chi connectivity index (χ1n) is 13.1. The van der Waals surface area contributed by atoms with Gasteiger partial charge >= 0.3 is 6.09 Å². The molecule has 1 aliphatic carbocycles. The van der Waals surface area contributed by atoms with E-state index in [0.29, 0.717) is 6.54 Å². The van der Waals surface area contributed by atoms with Gasteiger partial charge in [-0.2, -0.15) is 0 Å². The number of carbonyl (C=O) groups is 3. The third-order valence-corrected chi connectivity index (χ3v) is 6.20. The lowest BCUT2D eigenvalue weighted by Gasteiger charge is -2.36. The second-order valence-electron chi connectivity index (χ2n) is 11.4. The molecule has 0 aromatic heterocycles. The van der Waals surface area contributed by atoms with E-state index in [2.05, 4.69) is 10.6 Å². The van der Waals surface area contributed by atoms with E-state index in [-0.39, 0.29) is 23.8 Å². The van der Waals surface area contributed by atoms with Crippen molar-refractivity contribution in [3.8, 4) is 0 Å². The van der Waals surface area contributed by atoms with Crippen LogP contribution in [0.4, 0.5) is 4.79 Å². The molecule has 2 N–H and O–H groups in total. The van der Waals surface area contributed by atoms with Gasteiger partial charge in [-0.1, -0.05) is 73.5 Å². The van der Waals surface area contributed by atoms with Gasteiger partial charge in [0.2, 0.25) is 11.8 Å². The number of rotatable bonds is 9. The summed E-state index contributed by atoms with van der Waals surface area (Å²) in [4.78, 5) is 42.2. The highest BCUT2D eigenvalue weighted by Gasteiger charge is 2.44. The van der Waals surface area contributed by atoms with Gasteiger partial charge in [0.05, 0.1) is 0 Å². The number of benzene rings is 2. The Balaban J connectivity index is 1.96. The summed E-state index contributed by atoms with van der Waals surface area (Å²) >= 11 is 0. The number of ether oxygens (including phenoxy) is 1. The minimum atomic E-state index is -0.828. The summed E-state index contributed by atoms with van der Waals surface area (Å²) < 4.78 is 5.44. The zero-order valence-electron chi connectivity index (χ0n) is 23.1. The minimum Gasteiger partial charge on any atom is -0.444 e. The van der Waals surface area contributed by atoms with Gasteiger partial charge in [-0.25, -0.2) is 4.79 Å². The Hall–Kier alpha value is -3.35. The Bertz CT molecular complexity index is 1080. The molecule has 2 aromatic carbocycles. The largest absolute Gasteiger partial charge is 0.444 e. The van der Waals surface area contributed by atoms with Crippen molar-refractivity contribution >= 4 is 17.9 Å². The van der Waals surface area contributed by atoms with Crippen LogP contribution in [0.1, 0.15) is 75.8 Å². The Morgan fingerprint density at radius 2 is 1.59 bits per heavy atom. The highest BCUT2D eigenvalue weighted by atomic mass is 16.6. The molecular weight excluding hydrogens is 466 g/mol. The van der Waals surface area contributed by atoms with E-state index in [9.17, 15) is 14.4 Å². The number of hydrogen-bond donors (Lipinski definition) is 2. The van der Waals surface area contributed by atoms with Crippen molar-refractivity contribution in [1.82, 2.24) is 15.5 Å². The molecule has 2 atom stereocenters. The summed E-state index contributed by atoms with van der Waals surface area (Å²) in [6.07, 6.45) is 0.985. The van der Waals surface area contributed by atoms with Crippen LogP contribution in [0.5, 0.6) is 0 Å². The van der Waals surface area contributed by atoms with Crippen molar-refractivity contribution in [1.29, 1.82) is 0 Å². The Kier molecular flexibility index (Phi) is 9.00. The maximum absolute atomic E-state index is 14.1. The number of amides is 3. The fraction of sp³-hybridized carbons (Fsp3) is 0.500. The quantitative estimate of drug-likeness (QED) is 0.488. The van der Waals surface area contributed by atoms with Gasteiger partial charge in [0.1, 0.15) is 17.7 Å². The second kappa shape index (κ2) is 11.8. The van der Waals surface area contributed by atoms with Crippen LogP contribution in [-0.4, -0.2) is 40.5 Å². The van der Waals surface area contributed by atoms with Crippen LogP contribution in [0.15, 0.2) is 48.5 Å². The monoisotopic (exact) mass is 507 g/mol. The molecular formula is C30H41N3O4. The molecule has 200 valence electrons. The van der Waals surface area contributed by atoms with E-state index in [1.54, 1.807) is 25.7 Å². The van der Waals surface area contributed by atoms with Crippen LogP contribution in [-0.2, 0) is 20.9 Å². The van der Waals surface area contributed by atoms with Crippen LogP contribution in [0.25, 0.3) is 0 Å². The molecule has 2 aromatic rings. The van der Waals surface area contributed by atoms with Crippen LogP contribution < -0.4 is 10.6 Å². The first kappa shape index (κ1) is 28.2. The predicted molar refractivity (Wildman–Crippen MR) is 145 cm³/mol. The molecule has 2 unspecified atom stereocenters. The fourth-order valence-corrected chi connectivity index (χ4v) is 4.47. The van der Waals surface area contributed by atoms with Gasteiger partial charge in [-0.05, 0) is 64.5 Å². The molecule has 1 fully saturated rings. The summed E-state index contributed by atoms with van der Waals surface area (Å²) in [5.41, 5.74) is 3.09. The van der Waals surface area contributed by atoms with Crippen molar-refractivity contribution in [2.45, 2.75) is 91.6 Å².